The molecule has 1 unspecified atom stereocenters. The molecule has 1 aliphatic rings. The van der Waals surface area contributed by atoms with Gasteiger partial charge in [0.05, 0.1) is 5.69 Å². The summed E-state index contributed by atoms with van der Waals surface area (Å²) in [5.74, 6) is -1.35. The van der Waals surface area contributed by atoms with E-state index >= 15 is 0 Å². The number of rotatable bonds is 4. The number of aromatic nitrogens is 3. The number of nitrogens with two attached hydrogens (primary N) is 1. The van der Waals surface area contributed by atoms with E-state index in [2.05, 4.69) is 20.6 Å². The van der Waals surface area contributed by atoms with Crippen LogP contribution < -0.4 is 16.1 Å². The van der Waals surface area contributed by atoms with E-state index in [-0.39, 0.29) is 18.1 Å². The molecule has 0 fully saturated rings. The average molecular weight is 381 g/mol. The summed E-state index contributed by atoms with van der Waals surface area (Å²) in [7, 11) is 0. The second-order valence-electron chi connectivity index (χ2n) is 6.40. The number of hydrogen-bond acceptors (Lipinski definition) is 6. The maximum Gasteiger partial charge on any atom is 0.274 e. The summed E-state index contributed by atoms with van der Waals surface area (Å²) >= 11 is 0. The second-order valence-corrected chi connectivity index (χ2v) is 6.40. The Morgan fingerprint density at radius 2 is 1.96 bits per heavy atom. The number of benzene rings is 1. The normalized spacial score (nSPS) is 16.3. The molecule has 3 N–H and O–H groups in total. The molecule has 4 rings (SSSR count). The Morgan fingerprint density at radius 3 is 2.68 bits per heavy atom. The zero-order chi connectivity index (χ0) is 19.8. The van der Waals surface area contributed by atoms with Crippen LogP contribution in [0.2, 0.25) is 0 Å². The standard InChI is InChI=1S/C18H16FN7O2/c1-10-6-7-25-15(8-10)22-23-18(25)21-17(28)13-9-14(16(20)27)26(24-13)12-4-2-11(19)3-5-12/h2-8,14H,9H2,1H3,(H2,20,27)(H,21,23,28). The molecule has 1 aliphatic heterocycles. The summed E-state index contributed by atoms with van der Waals surface area (Å²) in [6, 6.07) is 8.25. The summed E-state index contributed by atoms with van der Waals surface area (Å²) < 4.78 is 14.8. The lowest BCUT2D eigenvalue weighted by atomic mass is 10.1. The van der Waals surface area contributed by atoms with Crippen LogP contribution in [0.3, 0.4) is 0 Å². The van der Waals surface area contributed by atoms with Crippen molar-refractivity contribution in [1.82, 2.24) is 14.6 Å². The number of amides is 2. The van der Waals surface area contributed by atoms with Crippen molar-refractivity contribution < 1.29 is 14.0 Å². The van der Waals surface area contributed by atoms with Gasteiger partial charge in [0.15, 0.2) is 5.65 Å². The van der Waals surface area contributed by atoms with Gasteiger partial charge in [0.1, 0.15) is 17.6 Å². The maximum absolute atomic E-state index is 13.2. The fourth-order valence-corrected chi connectivity index (χ4v) is 2.95. The van der Waals surface area contributed by atoms with E-state index in [1.807, 2.05) is 19.1 Å². The van der Waals surface area contributed by atoms with Gasteiger partial charge in [-0.25, -0.2) is 4.39 Å². The first-order chi connectivity index (χ1) is 13.4. The maximum atomic E-state index is 13.2. The summed E-state index contributed by atoms with van der Waals surface area (Å²) in [5, 5.41) is 16.2. The zero-order valence-corrected chi connectivity index (χ0v) is 14.8. The molecule has 0 spiro atoms. The Kier molecular flexibility index (Phi) is 4.22. The Morgan fingerprint density at radius 1 is 1.21 bits per heavy atom. The van der Waals surface area contributed by atoms with E-state index < -0.39 is 23.7 Å². The van der Waals surface area contributed by atoms with Crippen LogP contribution in [0.4, 0.5) is 16.0 Å². The van der Waals surface area contributed by atoms with Crippen LogP contribution in [0, 0.1) is 12.7 Å². The Labute approximate surface area is 158 Å². The van der Waals surface area contributed by atoms with Gasteiger partial charge in [-0.2, -0.15) is 5.10 Å². The molecule has 28 heavy (non-hydrogen) atoms. The van der Waals surface area contributed by atoms with Gasteiger partial charge in [0, 0.05) is 12.6 Å². The number of carbonyl (C=O) groups is 2. The molecular weight excluding hydrogens is 365 g/mol. The number of hydrogen-bond donors (Lipinski definition) is 2. The van der Waals surface area contributed by atoms with E-state index in [4.69, 9.17) is 5.73 Å². The van der Waals surface area contributed by atoms with E-state index in [1.54, 1.807) is 10.6 Å². The number of halogens is 1. The smallest absolute Gasteiger partial charge is 0.274 e. The summed E-state index contributed by atoms with van der Waals surface area (Å²) in [6.07, 6.45) is 1.77. The van der Waals surface area contributed by atoms with E-state index in [0.29, 0.717) is 11.3 Å². The molecule has 1 atom stereocenters. The van der Waals surface area contributed by atoms with E-state index in [9.17, 15) is 14.0 Å². The summed E-state index contributed by atoms with van der Waals surface area (Å²) in [6.45, 7) is 1.92. The van der Waals surface area contributed by atoms with Crippen LogP contribution in [0.15, 0.2) is 47.7 Å². The average Bonchev–Trinajstić information content (AvgIpc) is 3.27. The fraction of sp³-hybridized carbons (Fsp3) is 0.167. The number of carbonyl (C=O) groups excluding carboxylic acids is 2. The number of pyridine rings is 1. The third kappa shape index (κ3) is 3.15. The lowest BCUT2D eigenvalue weighted by Crippen LogP contribution is -2.39. The van der Waals surface area contributed by atoms with Gasteiger partial charge in [-0.3, -0.25) is 24.3 Å². The molecule has 3 aromatic rings. The highest BCUT2D eigenvalue weighted by Gasteiger charge is 2.35. The Hall–Kier alpha value is -3.82. The number of nitrogens with one attached hydrogen (secondary N) is 1. The highest BCUT2D eigenvalue weighted by Crippen LogP contribution is 2.25. The van der Waals surface area contributed by atoms with Crippen molar-refractivity contribution in [2.75, 3.05) is 10.3 Å². The number of anilines is 2. The van der Waals surface area contributed by atoms with Crippen molar-refractivity contribution >= 4 is 34.8 Å². The van der Waals surface area contributed by atoms with Crippen molar-refractivity contribution in [1.29, 1.82) is 0 Å². The molecule has 1 aromatic carbocycles. The summed E-state index contributed by atoms with van der Waals surface area (Å²) in [4.78, 5) is 24.5. The third-order valence-corrected chi connectivity index (χ3v) is 4.38. The van der Waals surface area contributed by atoms with Crippen molar-refractivity contribution in [3.63, 3.8) is 0 Å². The van der Waals surface area contributed by atoms with Crippen LogP contribution in [-0.2, 0) is 9.59 Å². The van der Waals surface area contributed by atoms with E-state index in [1.165, 1.54) is 29.3 Å². The molecule has 3 heterocycles. The number of nitrogens with zero attached hydrogens (tertiary/aromatic N) is 5. The second kappa shape index (κ2) is 6.72. The monoisotopic (exact) mass is 381 g/mol. The largest absolute Gasteiger partial charge is 0.368 e. The lowest BCUT2D eigenvalue weighted by molar-refractivity contribution is -0.119. The molecular formula is C18H16FN7O2. The summed E-state index contributed by atoms with van der Waals surface area (Å²) in [5.41, 5.74) is 7.62. The minimum absolute atomic E-state index is 0.0222. The molecule has 142 valence electrons. The topological polar surface area (TPSA) is 118 Å². The predicted molar refractivity (Wildman–Crippen MR) is 100 cm³/mol. The molecule has 2 aromatic heterocycles. The van der Waals surface area contributed by atoms with Crippen LogP contribution in [-0.4, -0.2) is 38.2 Å². The van der Waals surface area contributed by atoms with Gasteiger partial charge in [-0.15, -0.1) is 10.2 Å². The number of aryl methyl sites for hydroxylation is 1. The minimum atomic E-state index is -0.844. The minimum Gasteiger partial charge on any atom is -0.368 e. The SMILES string of the molecule is Cc1ccn2c(NC(=O)C3=NN(c4ccc(F)cc4)C(C(N)=O)C3)nnc2c1. The molecule has 0 saturated carbocycles. The molecule has 10 heteroatoms. The van der Waals surface area contributed by atoms with Gasteiger partial charge < -0.3 is 5.73 Å². The zero-order valence-electron chi connectivity index (χ0n) is 14.8. The van der Waals surface area contributed by atoms with Gasteiger partial charge in [0.2, 0.25) is 11.9 Å². The highest BCUT2D eigenvalue weighted by molar-refractivity contribution is 6.44. The van der Waals surface area contributed by atoms with Crippen molar-refractivity contribution in [2.24, 2.45) is 10.8 Å². The third-order valence-electron chi connectivity index (χ3n) is 4.38. The van der Waals surface area contributed by atoms with Crippen molar-refractivity contribution in [2.45, 2.75) is 19.4 Å². The molecule has 0 aliphatic carbocycles. The van der Waals surface area contributed by atoms with Crippen molar-refractivity contribution in [3.8, 4) is 0 Å². The van der Waals surface area contributed by atoms with Crippen LogP contribution in [0.25, 0.3) is 5.65 Å². The van der Waals surface area contributed by atoms with E-state index in [0.717, 1.165) is 5.56 Å². The number of primary amides is 1. The first-order valence-corrected chi connectivity index (χ1v) is 8.47. The van der Waals surface area contributed by atoms with Crippen LogP contribution in [0.1, 0.15) is 12.0 Å². The van der Waals surface area contributed by atoms with Gasteiger partial charge in [-0.1, -0.05) is 0 Å². The quantitative estimate of drug-likeness (QED) is 0.705. The van der Waals surface area contributed by atoms with Gasteiger partial charge in [-0.05, 0) is 48.9 Å². The Balaban J connectivity index is 1.60. The first-order valence-electron chi connectivity index (χ1n) is 8.47. The predicted octanol–water partition coefficient (Wildman–Crippen LogP) is 1.24. The molecule has 2 amide bonds. The lowest BCUT2D eigenvalue weighted by Gasteiger charge is -2.20. The van der Waals surface area contributed by atoms with Crippen LogP contribution >= 0.6 is 0 Å². The van der Waals surface area contributed by atoms with Gasteiger partial charge >= 0.3 is 0 Å². The molecule has 0 bridgehead atoms. The molecule has 0 saturated heterocycles. The Bertz CT molecular complexity index is 1110. The van der Waals surface area contributed by atoms with Crippen LogP contribution in [0.5, 0.6) is 0 Å². The number of hydrazone groups is 1. The highest BCUT2D eigenvalue weighted by atomic mass is 19.1. The van der Waals surface area contributed by atoms with Gasteiger partial charge in [0.25, 0.3) is 5.91 Å². The molecule has 9 nitrogen and oxygen atoms in total. The number of fused-ring (bicyclic) bond motifs is 1. The fourth-order valence-electron chi connectivity index (χ4n) is 2.95. The van der Waals surface area contributed by atoms with Crippen molar-refractivity contribution in [3.05, 3.63) is 54.0 Å². The molecule has 0 radical (unpaired) electrons. The first kappa shape index (κ1) is 17.6.